The van der Waals surface area contributed by atoms with Crippen LogP contribution < -0.4 is 9.64 Å². The van der Waals surface area contributed by atoms with Crippen LogP contribution in [0.4, 0.5) is 14.9 Å². The summed E-state index contributed by atoms with van der Waals surface area (Å²) in [7, 11) is 0. The predicted octanol–water partition coefficient (Wildman–Crippen LogP) is 7.48. The summed E-state index contributed by atoms with van der Waals surface area (Å²) >= 11 is 0. The van der Waals surface area contributed by atoms with E-state index in [0.717, 1.165) is 16.3 Å². The summed E-state index contributed by atoms with van der Waals surface area (Å²) in [6.07, 6.45) is 0.978. The predicted molar refractivity (Wildman–Crippen MR) is 163 cm³/mol. The fraction of sp³-hybridized carbons (Fsp3) is 0.286. The standard InChI is InChI=1S/C35H34FN3O4/c1-35(2,3)43-34(41)38-18-16-30(17-19-38)42-29-14-12-28(13-15-29)39(33(40)31-6-4-5-7-32(31)36)23-25-9-11-26-10-8-24(22-37)20-27(26)21-25/h4-15,20-21,30H,16-19,23H2,1-3H3. The highest BCUT2D eigenvalue weighted by Gasteiger charge is 2.28. The van der Waals surface area contributed by atoms with Gasteiger partial charge in [-0.1, -0.05) is 30.3 Å². The van der Waals surface area contributed by atoms with E-state index in [1.807, 2.05) is 51.1 Å². The Hall–Kier alpha value is -4.90. The van der Waals surface area contributed by atoms with Crippen LogP contribution in [-0.2, 0) is 11.3 Å². The van der Waals surface area contributed by atoms with Gasteiger partial charge in [0.1, 0.15) is 23.3 Å². The van der Waals surface area contributed by atoms with Gasteiger partial charge >= 0.3 is 6.09 Å². The summed E-state index contributed by atoms with van der Waals surface area (Å²) in [6.45, 7) is 6.84. The van der Waals surface area contributed by atoms with Crippen molar-refractivity contribution in [2.45, 2.75) is 51.9 Å². The third kappa shape index (κ3) is 7.31. The van der Waals surface area contributed by atoms with Crippen LogP contribution in [0.2, 0.25) is 0 Å². The highest BCUT2D eigenvalue weighted by molar-refractivity contribution is 6.06. The van der Waals surface area contributed by atoms with Gasteiger partial charge in [-0.05, 0) is 91.7 Å². The van der Waals surface area contributed by atoms with Gasteiger partial charge in [-0.15, -0.1) is 0 Å². The zero-order valence-corrected chi connectivity index (χ0v) is 24.5. The molecule has 0 aliphatic carbocycles. The first kappa shape index (κ1) is 29.6. The number of piperidine rings is 1. The fourth-order valence-electron chi connectivity index (χ4n) is 5.09. The van der Waals surface area contributed by atoms with Gasteiger partial charge in [0.25, 0.3) is 5.91 Å². The van der Waals surface area contributed by atoms with E-state index < -0.39 is 17.3 Å². The molecule has 43 heavy (non-hydrogen) atoms. The molecule has 0 N–H and O–H groups in total. The number of rotatable bonds is 6. The zero-order valence-electron chi connectivity index (χ0n) is 24.5. The summed E-state index contributed by atoms with van der Waals surface area (Å²) in [4.78, 5) is 29.3. The lowest BCUT2D eigenvalue weighted by molar-refractivity contribution is 0.0126. The van der Waals surface area contributed by atoms with E-state index in [2.05, 4.69) is 6.07 Å². The van der Waals surface area contributed by atoms with Crippen molar-refractivity contribution >= 4 is 28.5 Å². The van der Waals surface area contributed by atoms with E-state index in [1.165, 1.54) is 17.0 Å². The van der Waals surface area contributed by atoms with Crippen LogP contribution in [0.3, 0.4) is 0 Å². The number of ether oxygens (including phenoxy) is 2. The molecule has 1 heterocycles. The molecular weight excluding hydrogens is 545 g/mol. The topological polar surface area (TPSA) is 82.9 Å². The molecule has 0 bridgehead atoms. The molecule has 8 heteroatoms. The number of hydrogen-bond donors (Lipinski definition) is 0. The lowest BCUT2D eigenvalue weighted by Crippen LogP contribution is -2.44. The first-order valence-corrected chi connectivity index (χ1v) is 14.3. The smallest absolute Gasteiger partial charge is 0.410 e. The summed E-state index contributed by atoms with van der Waals surface area (Å²) in [5.74, 6) is -0.410. The van der Waals surface area contributed by atoms with Gasteiger partial charge in [0.15, 0.2) is 0 Å². The quantitative estimate of drug-likeness (QED) is 0.237. The Labute approximate surface area is 251 Å². The second-order valence-corrected chi connectivity index (χ2v) is 11.7. The number of anilines is 1. The summed E-state index contributed by atoms with van der Waals surface area (Å²) in [5.41, 5.74) is 1.42. The minimum atomic E-state index is -0.590. The van der Waals surface area contributed by atoms with E-state index in [9.17, 15) is 19.2 Å². The molecule has 0 saturated carbocycles. The average molecular weight is 580 g/mol. The molecule has 1 fully saturated rings. The Morgan fingerprint density at radius 2 is 1.65 bits per heavy atom. The van der Waals surface area contributed by atoms with Crippen molar-refractivity contribution in [3.8, 4) is 11.8 Å². The largest absolute Gasteiger partial charge is 0.490 e. The molecule has 0 spiro atoms. The number of nitriles is 1. The third-order valence-electron chi connectivity index (χ3n) is 7.27. The number of benzene rings is 4. The minimum absolute atomic E-state index is 0.0212. The summed E-state index contributed by atoms with van der Waals surface area (Å²) < 4.78 is 26.4. The first-order valence-electron chi connectivity index (χ1n) is 14.3. The molecule has 1 aliphatic heterocycles. The lowest BCUT2D eigenvalue weighted by Gasteiger charge is -2.33. The van der Waals surface area contributed by atoms with Crippen LogP contribution in [-0.4, -0.2) is 41.7 Å². The maximum atomic E-state index is 14.7. The molecule has 5 rings (SSSR count). The maximum absolute atomic E-state index is 14.7. The van der Waals surface area contributed by atoms with E-state index in [-0.39, 0.29) is 24.3 Å². The highest BCUT2D eigenvalue weighted by atomic mass is 19.1. The molecule has 4 aromatic rings. The first-order chi connectivity index (χ1) is 20.6. The van der Waals surface area contributed by atoms with Crippen LogP contribution in [0.1, 0.15) is 55.1 Å². The maximum Gasteiger partial charge on any atom is 0.410 e. The number of likely N-dealkylation sites (tertiary alicyclic amines) is 1. The van der Waals surface area contributed by atoms with E-state index in [0.29, 0.717) is 42.9 Å². The molecule has 220 valence electrons. The zero-order chi connectivity index (χ0) is 30.6. The van der Waals surface area contributed by atoms with Crippen LogP contribution in [0, 0.1) is 17.1 Å². The molecule has 0 unspecified atom stereocenters. The minimum Gasteiger partial charge on any atom is -0.490 e. The van der Waals surface area contributed by atoms with Gasteiger partial charge in [0.2, 0.25) is 0 Å². The number of nitrogens with zero attached hydrogens (tertiary/aromatic N) is 3. The van der Waals surface area contributed by atoms with Crippen molar-refractivity contribution in [2.24, 2.45) is 0 Å². The van der Waals surface area contributed by atoms with Gasteiger partial charge in [-0.2, -0.15) is 5.26 Å². The van der Waals surface area contributed by atoms with Gasteiger partial charge in [-0.3, -0.25) is 4.79 Å². The van der Waals surface area contributed by atoms with Crippen molar-refractivity contribution in [3.63, 3.8) is 0 Å². The van der Waals surface area contributed by atoms with Crippen molar-refractivity contribution in [3.05, 3.63) is 107 Å². The Bertz CT molecular complexity index is 1670. The third-order valence-corrected chi connectivity index (χ3v) is 7.27. The van der Waals surface area contributed by atoms with Crippen molar-refractivity contribution < 1.29 is 23.5 Å². The van der Waals surface area contributed by atoms with E-state index >= 15 is 0 Å². The van der Waals surface area contributed by atoms with Crippen molar-refractivity contribution in [1.29, 1.82) is 5.26 Å². The van der Waals surface area contributed by atoms with E-state index in [4.69, 9.17) is 9.47 Å². The monoisotopic (exact) mass is 579 g/mol. The van der Waals surface area contributed by atoms with Gasteiger partial charge in [0, 0.05) is 31.6 Å². The van der Waals surface area contributed by atoms with Crippen LogP contribution in [0.15, 0.2) is 84.9 Å². The van der Waals surface area contributed by atoms with Crippen molar-refractivity contribution in [2.75, 3.05) is 18.0 Å². The molecule has 0 atom stereocenters. The molecule has 4 aromatic carbocycles. The molecule has 2 amide bonds. The number of amides is 2. The lowest BCUT2D eigenvalue weighted by atomic mass is 10.0. The normalized spacial score (nSPS) is 13.8. The number of halogens is 1. The molecular formula is C35H34FN3O4. The Kier molecular flexibility index (Phi) is 8.63. The van der Waals surface area contributed by atoms with Gasteiger partial charge in [-0.25, -0.2) is 9.18 Å². The molecule has 7 nitrogen and oxygen atoms in total. The molecule has 1 aliphatic rings. The molecule has 0 radical (unpaired) electrons. The van der Waals surface area contributed by atoms with Crippen molar-refractivity contribution in [1.82, 2.24) is 4.90 Å². The Morgan fingerprint density at radius 1 is 0.953 bits per heavy atom. The van der Waals surface area contributed by atoms with E-state index in [1.54, 1.807) is 47.4 Å². The molecule has 1 saturated heterocycles. The summed E-state index contributed by atoms with van der Waals surface area (Å²) in [6, 6.07) is 26.6. The van der Waals surface area contributed by atoms with Gasteiger partial charge in [0.05, 0.1) is 23.7 Å². The second-order valence-electron chi connectivity index (χ2n) is 11.7. The summed E-state index contributed by atoms with van der Waals surface area (Å²) in [5, 5.41) is 11.2. The van der Waals surface area contributed by atoms with Gasteiger partial charge < -0.3 is 19.3 Å². The van der Waals surface area contributed by atoms with Crippen LogP contribution >= 0.6 is 0 Å². The SMILES string of the molecule is CC(C)(C)OC(=O)N1CCC(Oc2ccc(N(Cc3ccc4ccc(C#N)cc4c3)C(=O)c3ccccc3F)cc2)CC1. The number of carbonyl (C=O) groups is 2. The number of fused-ring (bicyclic) bond motifs is 1. The van der Waals surface area contributed by atoms with Crippen LogP contribution in [0.25, 0.3) is 10.8 Å². The van der Waals surface area contributed by atoms with Crippen LogP contribution in [0.5, 0.6) is 5.75 Å². The Balaban J connectivity index is 1.33. The number of carbonyl (C=O) groups excluding carboxylic acids is 2. The highest BCUT2D eigenvalue weighted by Crippen LogP contribution is 2.28. The Morgan fingerprint density at radius 3 is 2.33 bits per heavy atom. The second kappa shape index (κ2) is 12.5. The number of hydrogen-bond acceptors (Lipinski definition) is 5. The fourth-order valence-corrected chi connectivity index (χ4v) is 5.09. The molecule has 0 aromatic heterocycles. The average Bonchev–Trinajstić information content (AvgIpc) is 2.99.